The van der Waals surface area contributed by atoms with Crippen molar-refractivity contribution in [3.8, 4) is 11.8 Å². The Morgan fingerprint density at radius 3 is 2.80 bits per heavy atom. The number of benzene rings is 1. The summed E-state index contributed by atoms with van der Waals surface area (Å²) in [5.74, 6) is 5.71. The van der Waals surface area contributed by atoms with E-state index < -0.39 is 0 Å². The molecule has 4 nitrogen and oxygen atoms in total. The number of aliphatic hydroxyl groups is 1. The Bertz CT molecular complexity index is 610. The molecule has 0 atom stereocenters. The Kier molecular flexibility index (Phi) is 5.30. The van der Waals surface area contributed by atoms with E-state index in [0.29, 0.717) is 17.8 Å². The molecule has 0 aliphatic heterocycles. The average molecular weight is 286 g/mol. The second-order valence-corrected chi connectivity index (χ2v) is 4.91. The zero-order valence-corrected chi connectivity index (χ0v) is 11.6. The van der Waals surface area contributed by atoms with E-state index in [4.69, 9.17) is 5.11 Å². The minimum Gasteiger partial charge on any atom is -0.395 e. The smallest absolute Gasteiger partial charge is 0.263 e. The van der Waals surface area contributed by atoms with E-state index in [1.165, 1.54) is 11.3 Å². The molecule has 20 heavy (non-hydrogen) atoms. The maximum atomic E-state index is 11.7. The van der Waals surface area contributed by atoms with Crippen LogP contribution in [0.2, 0.25) is 0 Å². The fourth-order valence-corrected chi connectivity index (χ4v) is 2.06. The Hall–Kier alpha value is -2.16. The first-order valence-corrected chi connectivity index (χ1v) is 7.03. The summed E-state index contributed by atoms with van der Waals surface area (Å²) in [7, 11) is 0. The summed E-state index contributed by atoms with van der Waals surface area (Å²) in [5.41, 5.74) is 3.54. The predicted octanol–water partition coefficient (Wildman–Crippen LogP) is 1.81. The molecule has 1 aromatic carbocycles. The Morgan fingerprint density at radius 2 is 2.15 bits per heavy atom. The highest BCUT2D eigenvalue weighted by Gasteiger charge is 2.06. The van der Waals surface area contributed by atoms with E-state index in [2.05, 4.69) is 22.1 Å². The van der Waals surface area contributed by atoms with Crippen LogP contribution < -0.4 is 5.32 Å². The first-order valence-electron chi connectivity index (χ1n) is 6.15. The molecule has 0 saturated carbocycles. The molecule has 0 bridgehead atoms. The maximum Gasteiger partial charge on any atom is 0.263 e. The highest BCUT2D eigenvalue weighted by Crippen LogP contribution is 2.07. The molecule has 2 aromatic rings. The fraction of sp³-hybridized carbons (Fsp3) is 0.200. The molecule has 0 unspecified atom stereocenters. The number of carbonyl (C=O) groups excluding carboxylic acids is 1. The number of thiazole rings is 1. The zero-order chi connectivity index (χ0) is 14.2. The van der Waals surface area contributed by atoms with Crippen molar-refractivity contribution >= 4 is 17.2 Å². The summed E-state index contributed by atoms with van der Waals surface area (Å²) in [6.45, 7) is 0.551. The third-order valence-electron chi connectivity index (χ3n) is 2.53. The van der Waals surface area contributed by atoms with Crippen molar-refractivity contribution in [2.45, 2.75) is 13.0 Å². The van der Waals surface area contributed by atoms with Crippen molar-refractivity contribution < 1.29 is 9.90 Å². The van der Waals surface area contributed by atoms with Crippen LogP contribution in [0.5, 0.6) is 0 Å². The van der Waals surface area contributed by atoms with Gasteiger partial charge in [0.05, 0.1) is 18.3 Å². The van der Waals surface area contributed by atoms with E-state index in [1.807, 2.05) is 24.3 Å². The van der Waals surface area contributed by atoms with Crippen molar-refractivity contribution in [3.63, 3.8) is 0 Å². The van der Waals surface area contributed by atoms with Gasteiger partial charge in [-0.05, 0) is 17.7 Å². The normalized spacial score (nSPS) is 9.65. The van der Waals surface area contributed by atoms with Gasteiger partial charge in [0, 0.05) is 18.5 Å². The number of nitrogens with zero attached hydrogens (tertiary/aromatic N) is 1. The van der Waals surface area contributed by atoms with Crippen LogP contribution in [0, 0.1) is 11.8 Å². The van der Waals surface area contributed by atoms with Crippen LogP contribution in [-0.2, 0) is 6.54 Å². The second kappa shape index (κ2) is 7.43. The van der Waals surface area contributed by atoms with Crippen molar-refractivity contribution in [1.82, 2.24) is 10.3 Å². The van der Waals surface area contributed by atoms with E-state index in [9.17, 15) is 4.79 Å². The number of hydrogen-bond acceptors (Lipinski definition) is 4. The van der Waals surface area contributed by atoms with Crippen LogP contribution in [0.15, 0.2) is 36.0 Å². The monoisotopic (exact) mass is 286 g/mol. The molecular weight excluding hydrogens is 272 g/mol. The summed E-state index contributed by atoms with van der Waals surface area (Å²) >= 11 is 1.32. The molecule has 0 spiro atoms. The molecule has 2 N–H and O–H groups in total. The van der Waals surface area contributed by atoms with Crippen molar-refractivity contribution in [1.29, 1.82) is 0 Å². The highest BCUT2D eigenvalue weighted by molar-refractivity contribution is 7.11. The Morgan fingerprint density at radius 1 is 1.35 bits per heavy atom. The Labute approximate surface area is 121 Å². The lowest BCUT2D eigenvalue weighted by molar-refractivity contribution is 0.0955. The van der Waals surface area contributed by atoms with Gasteiger partial charge >= 0.3 is 0 Å². The average Bonchev–Trinajstić information content (AvgIpc) is 3.01. The third kappa shape index (κ3) is 4.19. The van der Waals surface area contributed by atoms with Crippen LogP contribution >= 0.6 is 11.3 Å². The molecule has 1 heterocycles. The largest absolute Gasteiger partial charge is 0.395 e. The number of rotatable bonds is 4. The topological polar surface area (TPSA) is 62.2 Å². The van der Waals surface area contributed by atoms with Gasteiger partial charge in [-0.1, -0.05) is 24.0 Å². The first kappa shape index (κ1) is 14.3. The first-order chi connectivity index (χ1) is 9.79. The zero-order valence-electron chi connectivity index (χ0n) is 10.8. The summed E-state index contributed by atoms with van der Waals surface area (Å²) < 4.78 is 0. The number of aromatic nitrogens is 1. The maximum absolute atomic E-state index is 11.7. The quantitative estimate of drug-likeness (QED) is 0.843. The molecule has 0 saturated heterocycles. The van der Waals surface area contributed by atoms with Gasteiger partial charge < -0.3 is 10.4 Å². The van der Waals surface area contributed by atoms with E-state index in [1.54, 1.807) is 11.7 Å². The van der Waals surface area contributed by atoms with Crippen LogP contribution in [0.1, 0.15) is 27.2 Å². The van der Waals surface area contributed by atoms with Gasteiger partial charge in [-0.3, -0.25) is 9.78 Å². The number of carbonyl (C=O) groups is 1. The van der Waals surface area contributed by atoms with Gasteiger partial charge in [-0.25, -0.2) is 0 Å². The lowest BCUT2D eigenvalue weighted by atomic mass is 10.1. The van der Waals surface area contributed by atoms with Crippen LogP contribution in [0.25, 0.3) is 0 Å². The molecular formula is C15H14N2O2S. The predicted molar refractivity (Wildman–Crippen MR) is 78.3 cm³/mol. The summed E-state index contributed by atoms with van der Waals surface area (Å²) in [4.78, 5) is 16.2. The molecule has 0 aliphatic carbocycles. The number of aliphatic hydroxyl groups excluding tert-OH is 1. The van der Waals surface area contributed by atoms with Gasteiger partial charge in [0.2, 0.25) is 0 Å². The van der Waals surface area contributed by atoms with Crippen molar-refractivity contribution in [3.05, 3.63) is 52.0 Å². The molecule has 0 radical (unpaired) electrons. The molecule has 0 fully saturated rings. The number of amides is 1. The molecule has 1 aromatic heterocycles. The van der Waals surface area contributed by atoms with Gasteiger partial charge in [0.1, 0.15) is 4.88 Å². The van der Waals surface area contributed by atoms with Crippen molar-refractivity contribution in [2.75, 3.05) is 6.61 Å². The van der Waals surface area contributed by atoms with Gasteiger partial charge in [-0.15, -0.1) is 11.3 Å². The summed E-state index contributed by atoms with van der Waals surface area (Å²) in [6.07, 6.45) is 2.03. The van der Waals surface area contributed by atoms with Gasteiger partial charge in [0.15, 0.2) is 0 Å². The molecule has 0 aliphatic rings. The SMILES string of the molecule is O=C(NCc1ccc(C#CCCO)cc1)c1cncs1. The molecule has 102 valence electrons. The van der Waals surface area contributed by atoms with Gasteiger partial charge in [0.25, 0.3) is 5.91 Å². The lowest BCUT2D eigenvalue weighted by Gasteiger charge is -2.03. The van der Waals surface area contributed by atoms with E-state index in [0.717, 1.165) is 11.1 Å². The van der Waals surface area contributed by atoms with E-state index >= 15 is 0 Å². The summed E-state index contributed by atoms with van der Waals surface area (Å²) in [6, 6.07) is 7.66. The molecule has 2 rings (SSSR count). The summed E-state index contributed by atoms with van der Waals surface area (Å²) in [5, 5.41) is 11.5. The number of hydrogen-bond donors (Lipinski definition) is 2. The highest BCUT2D eigenvalue weighted by atomic mass is 32.1. The van der Waals surface area contributed by atoms with Crippen molar-refractivity contribution in [2.24, 2.45) is 0 Å². The minimum atomic E-state index is -0.112. The van der Waals surface area contributed by atoms with Crippen LogP contribution in [0.3, 0.4) is 0 Å². The second-order valence-electron chi connectivity index (χ2n) is 4.02. The minimum absolute atomic E-state index is 0.0781. The van der Waals surface area contributed by atoms with Crippen LogP contribution in [0.4, 0.5) is 0 Å². The molecule has 5 heteroatoms. The van der Waals surface area contributed by atoms with Crippen LogP contribution in [-0.4, -0.2) is 22.6 Å². The Balaban J connectivity index is 1.88. The lowest BCUT2D eigenvalue weighted by Crippen LogP contribution is -2.21. The third-order valence-corrected chi connectivity index (χ3v) is 3.30. The molecule has 1 amide bonds. The van der Waals surface area contributed by atoms with E-state index in [-0.39, 0.29) is 12.5 Å². The standard InChI is InChI=1S/C15H14N2O2S/c18-8-2-1-3-12-4-6-13(7-5-12)9-17-15(19)14-10-16-11-20-14/h4-7,10-11,18H,2,8-9H2,(H,17,19). The number of nitrogens with one attached hydrogen (secondary N) is 1. The fourth-order valence-electron chi connectivity index (χ4n) is 1.52. The van der Waals surface area contributed by atoms with Gasteiger partial charge in [-0.2, -0.15) is 0 Å².